The van der Waals surface area contributed by atoms with Crippen molar-refractivity contribution >= 4 is 39.2 Å². The highest BCUT2D eigenvalue weighted by Crippen LogP contribution is 2.36. The average Bonchev–Trinajstić information content (AvgIpc) is 2.32. The third-order valence-electron chi connectivity index (χ3n) is 3.46. The summed E-state index contributed by atoms with van der Waals surface area (Å²) < 4.78 is 6.35. The van der Waals surface area contributed by atoms with Gasteiger partial charge in [-0.15, -0.1) is 0 Å². The van der Waals surface area contributed by atoms with Crippen molar-refractivity contribution < 1.29 is 14.6 Å². The SMILES string of the molecule is CC1(C)CC(Nc2ccc(Cl)c(Br)c2)(C(=O)O)CCO1. The molecule has 110 valence electrons. The number of nitrogens with one attached hydrogen (secondary N) is 1. The van der Waals surface area contributed by atoms with Gasteiger partial charge in [0.1, 0.15) is 5.54 Å². The summed E-state index contributed by atoms with van der Waals surface area (Å²) in [5.74, 6) is -0.861. The van der Waals surface area contributed by atoms with Crippen LogP contribution in [-0.4, -0.2) is 28.8 Å². The van der Waals surface area contributed by atoms with Gasteiger partial charge in [0, 0.05) is 23.0 Å². The first kappa shape index (κ1) is 15.6. The number of hydrogen-bond donors (Lipinski definition) is 2. The Morgan fingerprint density at radius 2 is 2.20 bits per heavy atom. The Kier molecular flexibility index (Phi) is 4.33. The van der Waals surface area contributed by atoms with Gasteiger partial charge < -0.3 is 15.2 Å². The molecule has 0 amide bonds. The number of rotatable bonds is 3. The maximum Gasteiger partial charge on any atom is 0.329 e. The highest BCUT2D eigenvalue weighted by atomic mass is 79.9. The minimum atomic E-state index is -1.02. The molecule has 0 aromatic heterocycles. The molecule has 1 aromatic rings. The van der Waals surface area contributed by atoms with Crippen LogP contribution in [-0.2, 0) is 9.53 Å². The number of benzene rings is 1. The molecule has 1 aromatic carbocycles. The molecule has 6 heteroatoms. The van der Waals surface area contributed by atoms with Gasteiger partial charge >= 0.3 is 5.97 Å². The molecule has 0 spiro atoms. The Labute approximate surface area is 131 Å². The van der Waals surface area contributed by atoms with E-state index in [1.165, 1.54) is 0 Å². The topological polar surface area (TPSA) is 58.6 Å². The fraction of sp³-hybridized carbons (Fsp3) is 0.500. The van der Waals surface area contributed by atoms with Crippen molar-refractivity contribution in [2.45, 2.75) is 37.8 Å². The molecule has 1 heterocycles. The fourth-order valence-electron chi connectivity index (χ4n) is 2.56. The van der Waals surface area contributed by atoms with Gasteiger partial charge in [0.15, 0.2) is 0 Å². The molecule has 20 heavy (non-hydrogen) atoms. The maximum atomic E-state index is 11.8. The molecule has 1 aliphatic rings. The van der Waals surface area contributed by atoms with Crippen molar-refractivity contribution in [3.63, 3.8) is 0 Å². The van der Waals surface area contributed by atoms with E-state index in [2.05, 4.69) is 21.2 Å². The van der Waals surface area contributed by atoms with Crippen LogP contribution < -0.4 is 5.32 Å². The van der Waals surface area contributed by atoms with E-state index >= 15 is 0 Å². The van der Waals surface area contributed by atoms with Gasteiger partial charge in [-0.05, 0) is 48.0 Å². The van der Waals surface area contributed by atoms with E-state index in [1.807, 2.05) is 13.8 Å². The van der Waals surface area contributed by atoms with E-state index in [0.717, 1.165) is 10.2 Å². The predicted molar refractivity (Wildman–Crippen MR) is 82.4 cm³/mol. The Morgan fingerprint density at radius 3 is 2.75 bits per heavy atom. The lowest BCUT2D eigenvalue weighted by molar-refractivity contribution is -0.152. The first-order valence-electron chi connectivity index (χ1n) is 6.35. The lowest BCUT2D eigenvalue weighted by Crippen LogP contribution is -2.55. The third kappa shape index (κ3) is 3.27. The molecular formula is C14H17BrClNO3. The molecule has 0 aliphatic carbocycles. The third-order valence-corrected chi connectivity index (χ3v) is 4.68. The van der Waals surface area contributed by atoms with Crippen LogP contribution in [0, 0.1) is 0 Å². The molecule has 1 unspecified atom stereocenters. The molecule has 4 nitrogen and oxygen atoms in total. The lowest BCUT2D eigenvalue weighted by Gasteiger charge is -2.43. The first-order valence-corrected chi connectivity index (χ1v) is 7.52. The van der Waals surface area contributed by atoms with Gasteiger partial charge in [-0.1, -0.05) is 11.6 Å². The summed E-state index contributed by atoms with van der Waals surface area (Å²) in [6, 6.07) is 5.30. The monoisotopic (exact) mass is 361 g/mol. The second-order valence-electron chi connectivity index (χ2n) is 5.68. The average molecular weight is 363 g/mol. The van der Waals surface area contributed by atoms with Crippen LogP contribution in [0.1, 0.15) is 26.7 Å². The van der Waals surface area contributed by atoms with Crippen molar-refractivity contribution in [3.8, 4) is 0 Å². The largest absolute Gasteiger partial charge is 0.480 e. The second kappa shape index (κ2) is 5.54. The van der Waals surface area contributed by atoms with Crippen LogP contribution in [0.4, 0.5) is 5.69 Å². The zero-order chi connectivity index (χ0) is 15.0. The van der Waals surface area contributed by atoms with Crippen LogP contribution in [0.2, 0.25) is 5.02 Å². The van der Waals surface area contributed by atoms with Crippen LogP contribution in [0.5, 0.6) is 0 Å². The molecule has 1 fully saturated rings. The number of aliphatic carboxylic acids is 1. The molecule has 1 aliphatic heterocycles. The van der Waals surface area contributed by atoms with Gasteiger partial charge in [-0.25, -0.2) is 4.79 Å². The predicted octanol–water partition coefficient (Wildman–Crippen LogP) is 3.93. The number of carboxylic acids is 1. The molecule has 0 saturated carbocycles. The summed E-state index contributed by atoms with van der Waals surface area (Å²) in [4.78, 5) is 11.8. The van der Waals surface area contributed by atoms with Gasteiger partial charge in [0.25, 0.3) is 0 Å². The van der Waals surface area contributed by atoms with Crippen molar-refractivity contribution in [2.75, 3.05) is 11.9 Å². The molecular weight excluding hydrogens is 346 g/mol. The summed E-state index contributed by atoms with van der Waals surface area (Å²) in [6.45, 7) is 4.23. The number of anilines is 1. The summed E-state index contributed by atoms with van der Waals surface area (Å²) >= 11 is 9.30. The Morgan fingerprint density at radius 1 is 1.50 bits per heavy atom. The molecule has 1 atom stereocenters. The van der Waals surface area contributed by atoms with E-state index in [0.29, 0.717) is 24.5 Å². The van der Waals surface area contributed by atoms with E-state index in [9.17, 15) is 9.90 Å². The van der Waals surface area contributed by atoms with E-state index in [1.54, 1.807) is 18.2 Å². The maximum absolute atomic E-state index is 11.8. The minimum absolute atomic E-state index is 0.398. The van der Waals surface area contributed by atoms with E-state index < -0.39 is 17.1 Å². The van der Waals surface area contributed by atoms with Gasteiger partial charge in [0.05, 0.1) is 17.2 Å². The second-order valence-corrected chi connectivity index (χ2v) is 6.94. The van der Waals surface area contributed by atoms with Gasteiger partial charge in [-0.2, -0.15) is 0 Å². The number of ether oxygens (including phenoxy) is 1. The Balaban J connectivity index is 2.29. The van der Waals surface area contributed by atoms with Gasteiger partial charge in [0.2, 0.25) is 0 Å². The molecule has 1 saturated heterocycles. The van der Waals surface area contributed by atoms with Crippen molar-refractivity contribution in [3.05, 3.63) is 27.7 Å². The Bertz CT molecular complexity index is 535. The number of halogens is 2. The number of carbonyl (C=O) groups is 1. The minimum Gasteiger partial charge on any atom is -0.480 e. The normalized spacial score (nSPS) is 25.2. The fourth-order valence-corrected chi connectivity index (χ4v) is 3.06. The lowest BCUT2D eigenvalue weighted by atomic mass is 9.81. The Hall–Kier alpha value is -0.780. The highest BCUT2D eigenvalue weighted by Gasteiger charge is 2.46. The smallest absolute Gasteiger partial charge is 0.329 e. The highest BCUT2D eigenvalue weighted by molar-refractivity contribution is 9.10. The summed E-state index contributed by atoms with van der Waals surface area (Å²) in [5.41, 5.74) is -0.760. The van der Waals surface area contributed by atoms with Crippen LogP contribution in [0.15, 0.2) is 22.7 Å². The van der Waals surface area contributed by atoms with Crippen molar-refractivity contribution in [1.29, 1.82) is 0 Å². The van der Waals surface area contributed by atoms with Crippen molar-refractivity contribution in [1.82, 2.24) is 0 Å². The van der Waals surface area contributed by atoms with Crippen LogP contribution in [0.25, 0.3) is 0 Å². The van der Waals surface area contributed by atoms with Crippen molar-refractivity contribution in [2.24, 2.45) is 0 Å². The summed E-state index contributed by atoms with van der Waals surface area (Å²) in [5, 5.41) is 13.4. The standard InChI is InChI=1S/C14H17BrClNO3/c1-13(2)8-14(12(18)19,5-6-20-13)17-9-3-4-11(16)10(15)7-9/h3-4,7,17H,5-6,8H2,1-2H3,(H,18,19). The number of hydrogen-bond acceptors (Lipinski definition) is 3. The molecule has 0 radical (unpaired) electrons. The molecule has 2 rings (SSSR count). The summed E-state index contributed by atoms with van der Waals surface area (Å²) in [7, 11) is 0. The van der Waals surface area contributed by atoms with E-state index in [-0.39, 0.29) is 0 Å². The zero-order valence-electron chi connectivity index (χ0n) is 11.4. The van der Waals surface area contributed by atoms with Gasteiger partial charge in [-0.3, -0.25) is 0 Å². The van der Waals surface area contributed by atoms with Crippen LogP contribution >= 0.6 is 27.5 Å². The quantitative estimate of drug-likeness (QED) is 0.855. The zero-order valence-corrected chi connectivity index (χ0v) is 13.7. The molecule has 0 bridgehead atoms. The first-order chi connectivity index (χ1) is 9.24. The summed E-state index contributed by atoms with van der Waals surface area (Å²) in [6.07, 6.45) is 0.821. The van der Waals surface area contributed by atoms with Crippen LogP contribution in [0.3, 0.4) is 0 Å². The van der Waals surface area contributed by atoms with E-state index in [4.69, 9.17) is 16.3 Å². The molecule has 2 N–H and O–H groups in total. The number of carboxylic acid groups (broad SMARTS) is 1.